The van der Waals surface area contributed by atoms with Crippen LogP contribution in [0.2, 0.25) is 0 Å². The van der Waals surface area contributed by atoms with Crippen LogP contribution in [-0.2, 0) is 11.2 Å². The van der Waals surface area contributed by atoms with E-state index < -0.39 is 0 Å². The van der Waals surface area contributed by atoms with E-state index in [1.165, 1.54) is 12.1 Å². The fourth-order valence-electron chi connectivity index (χ4n) is 1.88. The quantitative estimate of drug-likeness (QED) is 0.858. The Morgan fingerprint density at radius 3 is 2.71 bits per heavy atom. The van der Waals surface area contributed by atoms with Crippen molar-refractivity contribution in [2.24, 2.45) is 0 Å². The number of halogens is 1. The van der Waals surface area contributed by atoms with Gasteiger partial charge in [-0.3, -0.25) is 9.78 Å². The minimum absolute atomic E-state index is 0.122. The third kappa shape index (κ3) is 4.84. The van der Waals surface area contributed by atoms with E-state index in [0.29, 0.717) is 12.1 Å². The number of carbonyl (C=O) groups excluding carboxylic acids is 1. The number of carbonyl (C=O) groups is 1. The van der Waals surface area contributed by atoms with E-state index in [0.717, 1.165) is 17.5 Å². The normalized spacial score (nSPS) is 11.2. The SMILES string of the molecule is C/C(=C/c1ccc(F)cc1)C(=O)NCCc1cccnc1. The van der Waals surface area contributed by atoms with Crippen molar-refractivity contribution in [3.8, 4) is 0 Å². The zero-order valence-electron chi connectivity index (χ0n) is 11.8. The number of aromatic nitrogens is 1. The zero-order valence-corrected chi connectivity index (χ0v) is 11.8. The second-order valence-electron chi connectivity index (χ2n) is 4.75. The highest BCUT2D eigenvalue weighted by Gasteiger charge is 2.03. The van der Waals surface area contributed by atoms with Gasteiger partial charge in [-0.2, -0.15) is 0 Å². The lowest BCUT2D eigenvalue weighted by molar-refractivity contribution is -0.117. The molecule has 0 fully saturated rings. The van der Waals surface area contributed by atoms with Gasteiger partial charge in [-0.1, -0.05) is 18.2 Å². The lowest BCUT2D eigenvalue weighted by Gasteiger charge is -2.05. The van der Waals surface area contributed by atoms with Crippen molar-refractivity contribution >= 4 is 12.0 Å². The monoisotopic (exact) mass is 284 g/mol. The van der Waals surface area contributed by atoms with Crippen molar-refractivity contribution in [2.75, 3.05) is 6.54 Å². The van der Waals surface area contributed by atoms with Crippen LogP contribution in [-0.4, -0.2) is 17.4 Å². The first-order valence-electron chi connectivity index (χ1n) is 6.76. The molecule has 4 heteroatoms. The van der Waals surface area contributed by atoms with Gasteiger partial charge >= 0.3 is 0 Å². The second-order valence-corrected chi connectivity index (χ2v) is 4.75. The Morgan fingerprint density at radius 1 is 1.29 bits per heavy atom. The Hall–Kier alpha value is -2.49. The van der Waals surface area contributed by atoms with E-state index in [4.69, 9.17) is 0 Å². The summed E-state index contributed by atoms with van der Waals surface area (Å²) in [6.07, 6.45) is 5.98. The van der Waals surface area contributed by atoms with Gasteiger partial charge in [0.2, 0.25) is 5.91 Å². The van der Waals surface area contributed by atoms with Crippen LogP contribution in [0.15, 0.2) is 54.4 Å². The molecule has 21 heavy (non-hydrogen) atoms. The maximum absolute atomic E-state index is 12.8. The summed E-state index contributed by atoms with van der Waals surface area (Å²) in [4.78, 5) is 16.0. The van der Waals surface area contributed by atoms with Gasteiger partial charge in [-0.25, -0.2) is 4.39 Å². The number of hydrogen-bond acceptors (Lipinski definition) is 2. The molecule has 108 valence electrons. The Morgan fingerprint density at radius 2 is 2.05 bits per heavy atom. The first-order chi connectivity index (χ1) is 10.1. The maximum atomic E-state index is 12.8. The fraction of sp³-hybridized carbons (Fsp3) is 0.176. The Bertz CT molecular complexity index is 621. The van der Waals surface area contributed by atoms with Crippen LogP contribution in [0.4, 0.5) is 4.39 Å². The van der Waals surface area contributed by atoms with Gasteiger partial charge in [0.05, 0.1) is 0 Å². The van der Waals surface area contributed by atoms with Gasteiger partial charge in [-0.15, -0.1) is 0 Å². The Balaban J connectivity index is 1.86. The van der Waals surface area contributed by atoms with E-state index in [1.807, 2.05) is 12.1 Å². The fourth-order valence-corrected chi connectivity index (χ4v) is 1.88. The molecule has 1 heterocycles. The Labute approximate surface area is 123 Å². The molecule has 1 N–H and O–H groups in total. The summed E-state index contributed by atoms with van der Waals surface area (Å²) in [5.41, 5.74) is 2.47. The largest absolute Gasteiger partial charge is 0.352 e. The van der Waals surface area contributed by atoms with Gasteiger partial charge in [0, 0.05) is 24.5 Å². The number of hydrogen-bond donors (Lipinski definition) is 1. The van der Waals surface area contributed by atoms with E-state index in [9.17, 15) is 9.18 Å². The molecular weight excluding hydrogens is 267 g/mol. The van der Waals surface area contributed by atoms with Gasteiger partial charge in [0.25, 0.3) is 0 Å². The summed E-state index contributed by atoms with van der Waals surface area (Å²) in [6, 6.07) is 9.87. The minimum Gasteiger partial charge on any atom is -0.352 e. The minimum atomic E-state index is -0.286. The predicted molar refractivity (Wildman–Crippen MR) is 81.0 cm³/mol. The van der Waals surface area contributed by atoms with Crippen LogP contribution in [0.5, 0.6) is 0 Å². The van der Waals surface area contributed by atoms with Crippen LogP contribution in [0.25, 0.3) is 6.08 Å². The number of amides is 1. The van der Waals surface area contributed by atoms with Crippen molar-refractivity contribution in [1.29, 1.82) is 0 Å². The van der Waals surface area contributed by atoms with Crippen LogP contribution < -0.4 is 5.32 Å². The number of nitrogens with one attached hydrogen (secondary N) is 1. The van der Waals surface area contributed by atoms with Crippen molar-refractivity contribution < 1.29 is 9.18 Å². The molecule has 0 aliphatic rings. The molecule has 0 saturated carbocycles. The molecule has 1 aromatic heterocycles. The van der Waals surface area contributed by atoms with Crippen LogP contribution in [0, 0.1) is 5.82 Å². The summed E-state index contributed by atoms with van der Waals surface area (Å²) in [6.45, 7) is 2.29. The first kappa shape index (κ1) is 14.9. The van der Waals surface area contributed by atoms with Gasteiger partial charge in [0.15, 0.2) is 0 Å². The highest BCUT2D eigenvalue weighted by molar-refractivity contribution is 5.97. The number of benzene rings is 1. The van der Waals surface area contributed by atoms with Crippen molar-refractivity contribution in [1.82, 2.24) is 10.3 Å². The van der Waals surface area contributed by atoms with Crippen molar-refractivity contribution in [3.63, 3.8) is 0 Å². The predicted octanol–water partition coefficient (Wildman–Crippen LogP) is 2.98. The first-order valence-corrected chi connectivity index (χ1v) is 6.76. The highest BCUT2D eigenvalue weighted by Crippen LogP contribution is 2.08. The van der Waals surface area contributed by atoms with E-state index in [2.05, 4.69) is 10.3 Å². The average Bonchev–Trinajstić information content (AvgIpc) is 2.50. The summed E-state index contributed by atoms with van der Waals surface area (Å²) >= 11 is 0. The second kappa shape index (κ2) is 7.33. The standard InChI is InChI=1S/C17H17FN2O/c1-13(11-14-4-6-16(18)7-5-14)17(21)20-10-8-15-3-2-9-19-12-15/h2-7,9,11-12H,8,10H2,1H3,(H,20,21)/b13-11-. The van der Waals surface area contributed by atoms with Crippen molar-refractivity contribution in [3.05, 3.63) is 71.3 Å². The maximum Gasteiger partial charge on any atom is 0.246 e. The van der Waals surface area contributed by atoms with Crippen LogP contribution in [0.3, 0.4) is 0 Å². The highest BCUT2D eigenvalue weighted by atomic mass is 19.1. The summed E-state index contributed by atoms with van der Waals surface area (Å²) in [5.74, 6) is -0.408. The zero-order chi connectivity index (χ0) is 15.1. The van der Waals surface area contributed by atoms with Gasteiger partial charge in [-0.05, 0) is 48.7 Å². The number of nitrogens with zero attached hydrogens (tertiary/aromatic N) is 1. The molecule has 2 rings (SSSR count). The summed E-state index contributed by atoms with van der Waals surface area (Å²) in [5, 5.41) is 2.85. The molecule has 0 unspecified atom stereocenters. The molecule has 0 atom stereocenters. The number of rotatable bonds is 5. The van der Waals surface area contributed by atoms with Gasteiger partial charge in [0.1, 0.15) is 5.82 Å². The molecule has 2 aromatic rings. The third-order valence-electron chi connectivity index (χ3n) is 3.03. The van der Waals surface area contributed by atoms with Gasteiger partial charge < -0.3 is 5.32 Å². The topological polar surface area (TPSA) is 42.0 Å². The Kier molecular flexibility index (Phi) is 5.21. The average molecular weight is 284 g/mol. The molecule has 0 spiro atoms. The summed E-state index contributed by atoms with van der Waals surface area (Å²) in [7, 11) is 0. The van der Waals surface area contributed by atoms with Crippen LogP contribution in [0.1, 0.15) is 18.1 Å². The van der Waals surface area contributed by atoms with E-state index >= 15 is 0 Å². The smallest absolute Gasteiger partial charge is 0.246 e. The molecule has 0 bridgehead atoms. The molecule has 1 amide bonds. The lowest BCUT2D eigenvalue weighted by Crippen LogP contribution is -2.26. The molecule has 0 aliphatic heterocycles. The molecule has 1 aromatic carbocycles. The molecule has 0 saturated heterocycles. The molecule has 0 aliphatic carbocycles. The molecule has 3 nitrogen and oxygen atoms in total. The third-order valence-corrected chi connectivity index (χ3v) is 3.03. The van der Waals surface area contributed by atoms with Crippen LogP contribution >= 0.6 is 0 Å². The summed E-state index contributed by atoms with van der Waals surface area (Å²) < 4.78 is 12.8. The molecule has 0 radical (unpaired) electrons. The lowest BCUT2D eigenvalue weighted by atomic mass is 10.1. The van der Waals surface area contributed by atoms with Crippen molar-refractivity contribution in [2.45, 2.75) is 13.3 Å². The number of pyridine rings is 1. The van der Waals surface area contributed by atoms with E-state index in [1.54, 1.807) is 37.5 Å². The van der Waals surface area contributed by atoms with E-state index in [-0.39, 0.29) is 11.7 Å². The molecular formula is C17H17FN2O.